The molecule has 0 unspecified atom stereocenters. The smallest absolute Gasteiger partial charge is 0.253 e. The molecular weight excluding hydrogens is 312 g/mol. The van der Waals surface area contributed by atoms with E-state index in [9.17, 15) is 9.59 Å². The molecule has 0 bridgehead atoms. The van der Waals surface area contributed by atoms with Gasteiger partial charge in [-0.15, -0.1) is 0 Å². The molecule has 2 amide bonds. The summed E-state index contributed by atoms with van der Waals surface area (Å²) in [6.07, 6.45) is 0.951. The minimum absolute atomic E-state index is 0.0596. The number of hydrogen-bond donors (Lipinski definition) is 1. The topological polar surface area (TPSA) is 49.4 Å². The summed E-state index contributed by atoms with van der Waals surface area (Å²) in [5, 5.41) is 2.90. The number of amides is 2. The van der Waals surface area contributed by atoms with Crippen molar-refractivity contribution in [2.75, 3.05) is 13.6 Å². The van der Waals surface area contributed by atoms with Gasteiger partial charge in [0.2, 0.25) is 0 Å². The van der Waals surface area contributed by atoms with E-state index in [0.29, 0.717) is 30.1 Å². The number of nitrogens with one attached hydrogen (secondary N) is 1. The predicted octanol–water partition coefficient (Wildman–Crippen LogP) is 3.73. The molecule has 0 aliphatic rings. The summed E-state index contributed by atoms with van der Waals surface area (Å²) >= 11 is 0. The Morgan fingerprint density at radius 3 is 2.16 bits per heavy atom. The van der Waals surface area contributed by atoms with Crippen molar-refractivity contribution >= 4 is 11.8 Å². The van der Waals surface area contributed by atoms with Crippen LogP contribution in [0, 0.1) is 5.92 Å². The second-order valence-electron chi connectivity index (χ2n) is 6.66. The van der Waals surface area contributed by atoms with Gasteiger partial charge in [0.15, 0.2) is 0 Å². The average molecular weight is 338 g/mol. The van der Waals surface area contributed by atoms with Crippen molar-refractivity contribution in [3.63, 3.8) is 0 Å². The first kappa shape index (κ1) is 18.7. The monoisotopic (exact) mass is 338 g/mol. The lowest BCUT2D eigenvalue weighted by Crippen LogP contribution is -2.27. The molecule has 2 aromatic rings. The maximum Gasteiger partial charge on any atom is 0.253 e. The Morgan fingerprint density at radius 2 is 1.56 bits per heavy atom. The van der Waals surface area contributed by atoms with Crippen molar-refractivity contribution in [2.24, 2.45) is 5.92 Å². The van der Waals surface area contributed by atoms with Crippen LogP contribution in [0.4, 0.5) is 0 Å². The van der Waals surface area contributed by atoms with Crippen molar-refractivity contribution < 1.29 is 9.59 Å². The molecule has 0 radical (unpaired) electrons. The summed E-state index contributed by atoms with van der Waals surface area (Å²) in [6, 6.07) is 16.7. The van der Waals surface area contributed by atoms with E-state index < -0.39 is 0 Å². The second-order valence-corrected chi connectivity index (χ2v) is 6.66. The molecule has 0 saturated carbocycles. The Kier molecular flexibility index (Phi) is 6.75. The van der Waals surface area contributed by atoms with Gasteiger partial charge >= 0.3 is 0 Å². The van der Waals surface area contributed by atoms with E-state index in [4.69, 9.17) is 0 Å². The Morgan fingerprint density at radius 1 is 0.960 bits per heavy atom. The zero-order chi connectivity index (χ0) is 18.2. The van der Waals surface area contributed by atoms with Crippen molar-refractivity contribution in [1.82, 2.24) is 10.2 Å². The van der Waals surface area contributed by atoms with Crippen LogP contribution in [0.3, 0.4) is 0 Å². The van der Waals surface area contributed by atoms with Gasteiger partial charge in [0, 0.05) is 31.3 Å². The molecule has 2 aromatic carbocycles. The van der Waals surface area contributed by atoms with Gasteiger partial charge in [-0.25, -0.2) is 0 Å². The normalized spacial score (nSPS) is 10.6. The first-order valence-electron chi connectivity index (χ1n) is 8.65. The van der Waals surface area contributed by atoms with Gasteiger partial charge in [-0.05, 0) is 42.2 Å². The first-order chi connectivity index (χ1) is 12.0. The third-order valence-electron chi connectivity index (χ3n) is 4.01. The van der Waals surface area contributed by atoms with E-state index in [0.717, 1.165) is 12.0 Å². The molecular formula is C21H26N2O2. The summed E-state index contributed by atoms with van der Waals surface area (Å²) in [7, 11) is 1.78. The standard InChI is InChI=1S/C21H26N2O2/c1-16(2)13-14-22-20(24)18-9-11-19(12-10-18)21(25)23(3)15-17-7-5-4-6-8-17/h4-12,16H,13-15H2,1-3H3,(H,22,24). The quantitative estimate of drug-likeness (QED) is 0.836. The Labute approximate surface area is 149 Å². The fourth-order valence-electron chi connectivity index (χ4n) is 2.49. The maximum atomic E-state index is 12.5. The van der Waals surface area contributed by atoms with E-state index in [1.807, 2.05) is 30.3 Å². The lowest BCUT2D eigenvalue weighted by Gasteiger charge is -2.17. The highest BCUT2D eigenvalue weighted by molar-refractivity contribution is 5.97. The highest BCUT2D eigenvalue weighted by Gasteiger charge is 2.13. The van der Waals surface area contributed by atoms with Crippen LogP contribution in [0.2, 0.25) is 0 Å². The maximum absolute atomic E-state index is 12.5. The van der Waals surface area contributed by atoms with E-state index in [-0.39, 0.29) is 11.8 Å². The number of carbonyl (C=O) groups excluding carboxylic acids is 2. The van der Waals surface area contributed by atoms with Crippen LogP contribution in [0.1, 0.15) is 46.5 Å². The zero-order valence-corrected chi connectivity index (χ0v) is 15.2. The summed E-state index contributed by atoms with van der Waals surface area (Å²) in [5.41, 5.74) is 2.24. The Bertz CT molecular complexity index is 694. The third-order valence-corrected chi connectivity index (χ3v) is 4.01. The van der Waals surface area contributed by atoms with Crippen molar-refractivity contribution in [3.8, 4) is 0 Å². The van der Waals surface area contributed by atoms with Gasteiger partial charge in [0.05, 0.1) is 0 Å². The number of benzene rings is 2. The van der Waals surface area contributed by atoms with Gasteiger partial charge < -0.3 is 10.2 Å². The van der Waals surface area contributed by atoms with E-state index in [1.54, 1.807) is 36.2 Å². The van der Waals surface area contributed by atoms with Crippen LogP contribution < -0.4 is 5.32 Å². The molecule has 25 heavy (non-hydrogen) atoms. The Hall–Kier alpha value is -2.62. The van der Waals surface area contributed by atoms with Crippen LogP contribution in [-0.2, 0) is 6.54 Å². The molecule has 0 aromatic heterocycles. The molecule has 0 spiro atoms. The molecule has 0 fully saturated rings. The van der Waals surface area contributed by atoms with Crippen LogP contribution in [-0.4, -0.2) is 30.3 Å². The minimum Gasteiger partial charge on any atom is -0.352 e. The summed E-state index contributed by atoms with van der Waals surface area (Å²) in [4.78, 5) is 26.3. The van der Waals surface area contributed by atoms with Gasteiger partial charge in [0.1, 0.15) is 0 Å². The number of rotatable bonds is 7. The fourth-order valence-corrected chi connectivity index (χ4v) is 2.49. The molecule has 0 aliphatic carbocycles. The number of nitrogens with zero attached hydrogens (tertiary/aromatic N) is 1. The molecule has 132 valence electrons. The molecule has 0 saturated heterocycles. The molecule has 0 heterocycles. The first-order valence-corrected chi connectivity index (χ1v) is 8.65. The average Bonchev–Trinajstić information content (AvgIpc) is 2.61. The highest BCUT2D eigenvalue weighted by atomic mass is 16.2. The molecule has 4 nitrogen and oxygen atoms in total. The van der Waals surface area contributed by atoms with Crippen molar-refractivity contribution in [3.05, 3.63) is 71.3 Å². The van der Waals surface area contributed by atoms with Crippen molar-refractivity contribution in [1.29, 1.82) is 0 Å². The van der Waals surface area contributed by atoms with Gasteiger partial charge in [-0.3, -0.25) is 9.59 Å². The SMILES string of the molecule is CC(C)CCNC(=O)c1ccc(C(=O)N(C)Cc2ccccc2)cc1. The molecule has 0 aliphatic heterocycles. The largest absolute Gasteiger partial charge is 0.352 e. The summed E-state index contributed by atoms with van der Waals surface area (Å²) < 4.78 is 0. The Balaban J connectivity index is 1.94. The third kappa shape index (κ3) is 5.75. The lowest BCUT2D eigenvalue weighted by atomic mass is 10.1. The highest BCUT2D eigenvalue weighted by Crippen LogP contribution is 2.10. The predicted molar refractivity (Wildman–Crippen MR) is 100 cm³/mol. The minimum atomic E-state index is -0.0997. The fraction of sp³-hybridized carbons (Fsp3) is 0.333. The zero-order valence-electron chi connectivity index (χ0n) is 15.2. The summed E-state index contributed by atoms with van der Waals surface area (Å²) in [5.74, 6) is 0.397. The second kappa shape index (κ2) is 9.02. The van der Waals surface area contributed by atoms with Crippen LogP contribution in [0.15, 0.2) is 54.6 Å². The van der Waals surface area contributed by atoms with Gasteiger partial charge in [-0.1, -0.05) is 44.2 Å². The number of carbonyl (C=O) groups is 2. The molecule has 2 rings (SSSR count). The van der Waals surface area contributed by atoms with Crippen LogP contribution >= 0.6 is 0 Å². The van der Waals surface area contributed by atoms with Crippen LogP contribution in [0.25, 0.3) is 0 Å². The van der Waals surface area contributed by atoms with Gasteiger partial charge in [-0.2, -0.15) is 0 Å². The molecule has 0 atom stereocenters. The molecule has 1 N–H and O–H groups in total. The van der Waals surface area contributed by atoms with Gasteiger partial charge in [0.25, 0.3) is 11.8 Å². The summed E-state index contributed by atoms with van der Waals surface area (Å²) in [6.45, 7) is 5.46. The van der Waals surface area contributed by atoms with E-state index in [2.05, 4.69) is 19.2 Å². The van der Waals surface area contributed by atoms with E-state index in [1.165, 1.54) is 0 Å². The lowest BCUT2D eigenvalue weighted by molar-refractivity contribution is 0.0784. The molecule has 4 heteroatoms. The van der Waals surface area contributed by atoms with E-state index >= 15 is 0 Å². The van der Waals surface area contributed by atoms with Crippen LogP contribution in [0.5, 0.6) is 0 Å². The number of hydrogen-bond acceptors (Lipinski definition) is 2. The van der Waals surface area contributed by atoms with Crippen molar-refractivity contribution in [2.45, 2.75) is 26.8 Å².